The van der Waals surface area contributed by atoms with Gasteiger partial charge in [0.15, 0.2) is 0 Å². The van der Waals surface area contributed by atoms with Gasteiger partial charge < -0.3 is 15.0 Å². The molecule has 1 heterocycles. The van der Waals surface area contributed by atoms with Crippen molar-refractivity contribution in [2.75, 3.05) is 6.61 Å². The zero-order valence-electron chi connectivity index (χ0n) is 14.9. The molecule has 0 radical (unpaired) electrons. The molecule has 0 bridgehead atoms. The largest absolute Gasteiger partial charge is 0.494 e. The summed E-state index contributed by atoms with van der Waals surface area (Å²) in [4.78, 5) is 22.6. The average Bonchev–Trinajstić information content (AvgIpc) is 2.87. The van der Waals surface area contributed by atoms with Gasteiger partial charge in [-0.3, -0.25) is 10.1 Å². The molecule has 0 aliphatic carbocycles. The second-order valence-corrected chi connectivity index (χ2v) is 5.58. The van der Waals surface area contributed by atoms with E-state index in [1.165, 1.54) is 6.08 Å². The van der Waals surface area contributed by atoms with Gasteiger partial charge in [0, 0.05) is 17.1 Å². The minimum absolute atomic E-state index is 0.198. The number of rotatable bonds is 5. The van der Waals surface area contributed by atoms with Crippen LogP contribution in [0.25, 0.3) is 11.8 Å². The van der Waals surface area contributed by atoms with Crippen molar-refractivity contribution < 1.29 is 14.3 Å². The van der Waals surface area contributed by atoms with E-state index in [1.54, 1.807) is 6.07 Å². The molecule has 0 aliphatic heterocycles. The summed E-state index contributed by atoms with van der Waals surface area (Å²) < 4.78 is 7.45. The highest BCUT2D eigenvalue weighted by atomic mass is 16.5. The van der Waals surface area contributed by atoms with Crippen LogP contribution in [0.4, 0.5) is 4.79 Å². The van der Waals surface area contributed by atoms with Gasteiger partial charge in [0.2, 0.25) is 0 Å². The van der Waals surface area contributed by atoms with Crippen LogP contribution in [0.1, 0.15) is 23.9 Å². The lowest BCUT2D eigenvalue weighted by Gasteiger charge is -2.11. The minimum atomic E-state index is -1.00. The molecule has 7 nitrogen and oxygen atoms in total. The number of nitrogens with two attached hydrogens (primary N) is 1. The van der Waals surface area contributed by atoms with Crippen LogP contribution >= 0.6 is 0 Å². The molecule has 1 aromatic heterocycles. The van der Waals surface area contributed by atoms with Gasteiger partial charge >= 0.3 is 6.03 Å². The van der Waals surface area contributed by atoms with Crippen molar-refractivity contribution in [1.29, 1.82) is 5.26 Å². The lowest BCUT2D eigenvalue weighted by Crippen LogP contribution is -2.35. The summed E-state index contributed by atoms with van der Waals surface area (Å²) in [5, 5.41) is 11.1. The van der Waals surface area contributed by atoms with Crippen LogP contribution in [0.15, 0.2) is 35.9 Å². The molecule has 0 fully saturated rings. The molecule has 134 valence electrons. The first kappa shape index (κ1) is 18.8. The van der Waals surface area contributed by atoms with Crippen molar-refractivity contribution in [1.82, 2.24) is 9.88 Å². The minimum Gasteiger partial charge on any atom is -0.494 e. The lowest BCUT2D eigenvalue weighted by atomic mass is 10.1. The Morgan fingerprint density at radius 2 is 1.96 bits per heavy atom. The van der Waals surface area contributed by atoms with Gasteiger partial charge in [-0.2, -0.15) is 5.26 Å². The molecular formula is C19H20N4O3. The van der Waals surface area contributed by atoms with E-state index in [0.717, 1.165) is 22.8 Å². The third-order valence-electron chi connectivity index (χ3n) is 3.78. The Bertz CT molecular complexity index is 902. The number of imide groups is 1. The summed E-state index contributed by atoms with van der Waals surface area (Å²) in [6.07, 6.45) is 1.44. The summed E-state index contributed by atoms with van der Waals surface area (Å²) >= 11 is 0. The van der Waals surface area contributed by atoms with Crippen molar-refractivity contribution in [3.05, 3.63) is 52.9 Å². The highest BCUT2D eigenvalue weighted by Crippen LogP contribution is 2.24. The lowest BCUT2D eigenvalue weighted by molar-refractivity contribution is -0.115. The third kappa shape index (κ3) is 4.11. The molecule has 2 aromatic rings. The summed E-state index contributed by atoms with van der Waals surface area (Å²) in [6.45, 7) is 6.33. The normalized spacial score (nSPS) is 10.9. The first-order valence-corrected chi connectivity index (χ1v) is 8.02. The summed E-state index contributed by atoms with van der Waals surface area (Å²) in [6, 6.07) is 10.3. The highest BCUT2D eigenvalue weighted by Gasteiger charge is 2.14. The standard InChI is InChI=1S/C19H20N4O3/c1-4-26-17-7-5-16(6-8-17)23-12(2)9-14(13(23)3)10-15(11-20)18(24)22-19(21)25/h5-10H,4H2,1-3H3,(H3,21,22,24,25)/b15-10-. The van der Waals surface area contributed by atoms with Crippen LogP contribution in [0, 0.1) is 25.2 Å². The predicted octanol–water partition coefficient (Wildman–Crippen LogP) is 2.59. The summed E-state index contributed by atoms with van der Waals surface area (Å²) in [5.74, 6) is -0.0420. The van der Waals surface area contributed by atoms with Gasteiger partial charge in [0.1, 0.15) is 17.4 Å². The zero-order valence-corrected chi connectivity index (χ0v) is 14.9. The molecule has 0 aliphatic rings. The van der Waals surface area contributed by atoms with Gasteiger partial charge in [-0.1, -0.05) is 0 Å². The third-order valence-corrected chi connectivity index (χ3v) is 3.78. The number of hydrogen-bond acceptors (Lipinski definition) is 4. The Labute approximate surface area is 151 Å². The fourth-order valence-corrected chi connectivity index (χ4v) is 2.67. The molecule has 1 aromatic carbocycles. The number of ether oxygens (including phenoxy) is 1. The fourth-order valence-electron chi connectivity index (χ4n) is 2.67. The van der Waals surface area contributed by atoms with Crippen molar-refractivity contribution in [2.24, 2.45) is 5.73 Å². The monoisotopic (exact) mass is 352 g/mol. The van der Waals surface area contributed by atoms with E-state index in [-0.39, 0.29) is 5.57 Å². The van der Waals surface area contributed by atoms with Gasteiger partial charge in [0.25, 0.3) is 5.91 Å². The maximum Gasteiger partial charge on any atom is 0.319 e. The van der Waals surface area contributed by atoms with Gasteiger partial charge in [0.05, 0.1) is 6.61 Å². The van der Waals surface area contributed by atoms with Crippen LogP contribution in [0.5, 0.6) is 5.75 Å². The van der Waals surface area contributed by atoms with E-state index in [2.05, 4.69) is 0 Å². The Hall–Kier alpha value is -3.53. The Kier molecular flexibility index (Phi) is 5.81. The van der Waals surface area contributed by atoms with Crippen molar-refractivity contribution >= 4 is 18.0 Å². The average molecular weight is 352 g/mol. The highest BCUT2D eigenvalue weighted by molar-refractivity contribution is 6.08. The molecule has 3 N–H and O–H groups in total. The molecule has 0 atom stereocenters. The Morgan fingerprint density at radius 3 is 2.50 bits per heavy atom. The van der Waals surface area contributed by atoms with Crippen LogP contribution < -0.4 is 15.8 Å². The van der Waals surface area contributed by atoms with E-state index in [0.29, 0.717) is 12.2 Å². The first-order valence-electron chi connectivity index (χ1n) is 8.02. The number of nitrogens with one attached hydrogen (secondary N) is 1. The molecule has 0 saturated carbocycles. The molecular weight excluding hydrogens is 332 g/mol. The maximum absolute atomic E-state index is 11.8. The second kappa shape index (κ2) is 8.03. The number of hydrogen-bond donors (Lipinski definition) is 2. The topological polar surface area (TPSA) is 110 Å². The maximum atomic E-state index is 11.8. The Balaban J connectivity index is 2.41. The fraction of sp³-hybridized carbons (Fsp3) is 0.211. The van der Waals surface area contributed by atoms with E-state index in [1.807, 2.05) is 61.0 Å². The van der Waals surface area contributed by atoms with E-state index in [4.69, 9.17) is 10.5 Å². The number of urea groups is 1. The quantitative estimate of drug-likeness (QED) is 0.636. The van der Waals surface area contributed by atoms with Crippen LogP contribution in [0.2, 0.25) is 0 Å². The van der Waals surface area contributed by atoms with E-state index < -0.39 is 11.9 Å². The number of nitrogens with zero attached hydrogens (tertiary/aromatic N) is 2. The zero-order chi connectivity index (χ0) is 19.3. The van der Waals surface area contributed by atoms with Gasteiger partial charge in [-0.05, 0) is 62.7 Å². The summed E-state index contributed by atoms with van der Waals surface area (Å²) in [7, 11) is 0. The molecule has 3 amide bonds. The number of carbonyl (C=O) groups excluding carboxylic acids is 2. The van der Waals surface area contributed by atoms with Crippen LogP contribution in [-0.4, -0.2) is 23.1 Å². The van der Waals surface area contributed by atoms with Crippen LogP contribution in [-0.2, 0) is 4.79 Å². The first-order chi connectivity index (χ1) is 12.4. The van der Waals surface area contributed by atoms with Crippen LogP contribution in [0.3, 0.4) is 0 Å². The second-order valence-electron chi connectivity index (χ2n) is 5.58. The van der Waals surface area contributed by atoms with Crippen molar-refractivity contribution in [3.63, 3.8) is 0 Å². The number of nitriles is 1. The van der Waals surface area contributed by atoms with E-state index in [9.17, 15) is 14.9 Å². The van der Waals surface area contributed by atoms with Gasteiger partial charge in [-0.25, -0.2) is 4.79 Å². The van der Waals surface area contributed by atoms with Crippen molar-refractivity contribution in [3.8, 4) is 17.5 Å². The smallest absolute Gasteiger partial charge is 0.319 e. The SMILES string of the molecule is CCOc1ccc(-n2c(C)cc(/C=C(/C#N)C(=O)NC(N)=O)c2C)cc1. The van der Waals surface area contributed by atoms with Crippen molar-refractivity contribution in [2.45, 2.75) is 20.8 Å². The molecule has 0 spiro atoms. The molecule has 0 unspecified atom stereocenters. The number of benzene rings is 1. The van der Waals surface area contributed by atoms with E-state index >= 15 is 0 Å². The Morgan fingerprint density at radius 1 is 1.31 bits per heavy atom. The molecule has 26 heavy (non-hydrogen) atoms. The number of carbonyl (C=O) groups is 2. The summed E-state index contributed by atoms with van der Waals surface area (Å²) in [5.41, 5.74) is 8.15. The number of amides is 3. The number of aromatic nitrogens is 1. The predicted molar refractivity (Wildman–Crippen MR) is 97.7 cm³/mol. The number of aryl methyl sites for hydroxylation is 1. The molecule has 7 heteroatoms. The number of primary amides is 1. The van der Waals surface area contributed by atoms with Gasteiger partial charge in [-0.15, -0.1) is 0 Å². The molecule has 0 saturated heterocycles. The molecule has 2 rings (SSSR count).